The van der Waals surface area contributed by atoms with Gasteiger partial charge in [-0.3, -0.25) is 9.59 Å². The fourth-order valence-corrected chi connectivity index (χ4v) is 5.03. The van der Waals surface area contributed by atoms with E-state index < -0.39 is 39.6 Å². The number of sulfone groups is 1. The Morgan fingerprint density at radius 3 is 2.66 bits per heavy atom. The summed E-state index contributed by atoms with van der Waals surface area (Å²) >= 11 is 0. The monoisotopic (exact) mass is 431 g/mol. The van der Waals surface area contributed by atoms with Gasteiger partial charge in [0.05, 0.1) is 29.2 Å². The molecule has 0 saturated carbocycles. The third kappa shape index (κ3) is 4.95. The lowest BCUT2D eigenvalue weighted by Gasteiger charge is -2.28. The van der Waals surface area contributed by atoms with Gasteiger partial charge >= 0.3 is 6.18 Å². The number of nitrogens with zero attached hydrogens (tertiary/aromatic N) is 2. The number of carbonyl (C=O) groups excluding carboxylic acids is 2. The highest BCUT2D eigenvalue weighted by Gasteiger charge is 2.37. The first-order valence-electron chi connectivity index (χ1n) is 9.04. The van der Waals surface area contributed by atoms with E-state index >= 15 is 0 Å². The van der Waals surface area contributed by atoms with Crippen molar-refractivity contribution in [1.82, 2.24) is 10.3 Å². The lowest BCUT2D eigenvalue weighted by molar-refractivity contribution is -0.137. The Labute approximate surface area is 165 Å². The van der Waals surface area contributed by atoms with Crippen molar-refractivity contribution in [3.63, 3.8) is 0 Å². The van der Waals surface area contributed by atoms with Crippen LogP contribution in [0.1, 0.15) is 43.4 Å². The van der Waals surface area contributed by atoms with Crippen LogP contribution < -0.4 is 5.32 Å². The number of nitrogens with one attached hydrogen (secondary N) is 1. The molecule has 0 aromatic heterocycles. The molecule has 2 aliphatic rings. The van der Waals surface area contributed by atoms with Crippen LogP contribution in [0.5, 0.6) is 0 Å². The smallest absolute Gasteiger partial charge is 0.344 e. The standard InChI is InChI=1S/C18H20F3N3O4S/c1-11(12-3-2-4-13(9-12)18(19,20)21)22-17(26)15-5-6-16(25)24(23-15)14-7-8-29(27,28)10-14/h2-4,9,11,14H,5-8,10H2,1H3,(H,22,26)/t11-,14+/m0/s1. The van der Waals surface area contributed by atoms with E-state index in [0.717, 1.165) is 17.1 Å². The van der Waals surface area contributed by atoms with Crippen LogP contribution in [0.25, 0.3) is 0 Å². The SMILES string of the molecule is C[C@H](NC(=O)C1=NN([C@@H]2CCS(=O)(=O)C2)C(=O)CC1)c1cccc(C(F)(F)F)c1. The fourth-order valence-electron chi connectivity index (χ4n) is 3.34. The van der Waals surface area contributed by atoms with Gasteiger partial charge < -0.3 is 5.32 Å². The second-order valence-corrected chi connectivity index (χ2v) is 9.39. The zero-order valence-electron chi connectivity index (χ0n) is 15.6. The minimum Gasteiger partial charge on any atom is -0.344 e. The number of alkyl halides is 3. The summed E-state index contributed by atoms with van der Waals surface area (Å²) < 4.78 is 62.0. The summed E-state index contributed by atoms with van der Waals surface area (Å²) in [5.74, 6) is -1.19. The Morgan fingerprint density at radius 1 is 1.31 bits per heavy atom. The van der Waals surface area contributed by atoms with E-state index in [4.69, 9.17) is 0 Å². The molecule has 1 aromatic carbocycles. The first-order valence-corrected chi connectivity index (χ1v) is 10.9. The predicted octanol–water partition coefficient (Wildman–Crippen LogP) is 2.05. The topological polar surface area (TPSA) is 95.9 Å². The lowest BCUT2D eigenvalue weighted by Crippen LogP contribution is -2.44. The highest BCUT2D eigenvalue weighted by Crippen LogP contribution is 2.30. The highest BCUT2D eigenvalue weighted by molar-refractivity contribution is 7.91. The number of hydrazone groups is 1. The van der Waals surface area contributed by atoms with Crippen LogP contribution in [0.2, 0.25) is 0 Å². The third-order valence-corrected chi connectivity index (χ3v) is 6.69. The van der Waals surface area contributed by atoms with Gasteiger partial charge in [0.15, 0.2) is 9.84 Å². The van der Waals surface area contributed by atoms with Crippen molar-refractivity contribution >= 4 is 27.4 Å². The van der Waals surface area contributed by atoms with Gasteiger partial charge in [0.2, 0.25) is 5.91 Å². The quantitative estimate of drug-likeness (QED) is 0.789. The molecule has 1 fully saturated rings. The molecule has 1 aromatic rings. The molecular formula is C18H20F3N3O4S. The van der Waals surface area contributed by atoms with E-state index in [9.17, 15) is 31.2 Å². The Hall–Kier alpha value is -2.43. The van der Waals surface area contributed by atoms with Crippen LogP contribution in [-0.2, 0) is 25.6 Å². The van der Waals surface area contributed by atoms with Crippen LogP contribution >= 0.6 is 0 Å². The molecule has 2 heterocycles. The van der Waals surface area contributed by atoms with Crippen LogP contribution in [0.3, 0.4) is 0 Å². The second-order valence-electron chi connectivity index (χ2n) is 7.16. The molecule has 2 aliphatic heterocycles. The maximum atomic E-state index is 12.9. The minimum atomic E-state index is -4.49. The molecule has 2 atom stereocenters. The van der Waals surface area contributed by atoms with Crippen molar-refractivity contribution in [2.45, 2.75) is 44.4 Å². The lowest BCUT2D eigenvalue weighted by atomic mass is 10.0. The molecule has 11 heteroatoms. The van der Waals surface area contributed by atoms with Crippen LogP contribution in [0.4, 0.5) is 13.2 Å². The number of halogens is 3. The highest BCUT2D eigenvalue weighted by atomic mass is 32.2. The van der Waals surface area contributed by atoms with Crippen molar-refractivity contribution in [3.05, 3.63) is 35.4 Å². The second kappa shape index (κ2) is 7.77. The maximum absolute atomic E-state index is 12.9. The number of carbonyl (C=O) groups is 2. The van der Waals surface area contributed by atoms with Gasteiger partial charge in [-0.2, -0.15) is 18.3 Å². The molecule has 7 nitrogen and oxygen atoms in total. The molecule has 2 amide bonds. The molecule has 158 valence electrons. The van der Waals surface area contributed by atoms with Gasteiger partial charge in [0.25, 0.3) is 5.91 Å². The summed E-state index contributed by atoms with van der Waals surface area (Å²) in [5, 5.41) is 7.72. The summed E-state index contributed by atoms with van der Waals surface area (Å²) in [6, 6.07) is 3.33. The van der Waals surface area contributed by atoms with Crippen molar-refractivity contribution < 1.29 is 31.2 Å². The molecular weight excluding hydrogens is 411 g/mol. The number of benzene rings is 1. The van der Waals surface area contributed by atoms with Gasteiger partial charge in [-0.1, -0.05) is 12.1 Å². The number of rotatable bonds is 4. The van der Waals surface area contributed by atoms with Gasteiger partial charge in [0, 0.05) is 12.8 Å². The van der Waals surface area contributed by atoms with Gasteiger partial charge in [-0.25, -0.2) is 13.4 Å². The Balaban J connectivity index is 1.73. The zero-order chi connectivity index (χ0) is 21.4. The Kier molecular flexibility index (Phi) is 5.70. The van der Waals surface area contributed by atoms with Crippen molar-refractivity contribution in [2.24, 2.45) is 5.10 Å². The maximum Gasteiger partial charge on any atom is 0.416 e. The van der Waals surface area contributed by atoms with Gasteiger partial charge in [0.1, 0.15) is 5.71 Å². The summed E-state index contributed by atoms with van der Waals surface area (Å²) in [5.41, 5.74) is -0.488. The summed E-state index contributed by atoms with van der Waals surface area (Å²) in [4.78, 5) is 24.7. The largest absolute Gasteiger partial charge is 0.416 e. The van der Waals surface area contributed by atoms with E-state index in [1.54, 1.807) is 6.92 Å². The minimum absolute atomic E-state index is 0.0146. The van der Waals surface area contributed by atoms with Gasteiger partial charge in [-0.15, -0.1) is 0 Å². The number of hydrogen-bond acceptors (Lipinski definition) is 5. The van der Waals surface area contributed by atoms with E-state index in [-0.39, 0.29) is 48.0 Å². The third-order valence-electron chi connectivity index (χ3n) is 4.94. The number of amides is 2. The average molecular weight is 431 g/mol. The van der Waals surface area contributed by atoms with E-state index in [1.165, 1.54) is 12.1 Å². The summed E-state index contributed by atoms with van der Waals surface area (Å²) in [6.07, 6.45) is -4.14. The van der Waals surface area contributed by atoms with Gasteiger partial charge in [-0.05, 0) is 31.0 Å². The van der Waals surface area contributed by atoms with Crippen LogP contribution in [0.15, 0.2) is 29.4 Å². The van der Waals surface area contributed by atoms with Crippen molar-refractivity contribution in [3.8, 4) is 0 Å². The molecule has 3 rings (SSSR count). The first-order chi connectivity index (χ1) is 13.5. The van der Waals surface area contributed by atoms with Crippen LogP contribution in [0, 0.1) is 0 Å². The summed E-state index contributed by atoms with van der Waals surface area (Å²) in [6.45, 7) is 1.54. The first kappa shape index (κ1) is 21.3. The molecule has 0 spiro atoms. The molecule has 0 unspecified atom stereocenters. The predicted molar refractivity (Wildman–Crippen MR) is 98.6 cm³/mol. The van der Waals surface area contributed by atoms with E-state index in [2.05, 4.69) is 10.4 Å². The van der Waals surface area contributed by atoms with Crippen molar-refractivity contribution in [1.29, 1.82) is 0 Å². The summed E-state index contributed by atoms with van der Waals surface area (Å²) in [7, 11) is -3.23. The van der Waals surface area contributed by atoms with E-state index in [1.807, 2.05) is 0 Å². The van der Waals surface area contributed by atoms with Crippen molar-refractivity contribution in [2.75, 3.05) is 11.5 Å². The van der Waals surface area contributed by atoms with Crippen LogP contribution in [-0.4, -0.2) is 48.5 Å². The number of hydrogen-bond donors (Lipinski definition) is 1. The molecule has 1 saturated heterocycles. The molecule has 1 N–H and O–H groups in total. The van der Waals surface area contributed by atoms with E-state index in [0.29, 0.717) is 0 Å². The molecule has 0 bridgehead atoms. The average Bonchev–Trinajstić information content (AvgIpc) is 3.01. The zero-order valence-corrected chi connectivity index (χ0v) is 16.4. The molecule has 29 heavy (non-hydrogen) atoms. The molecule has 0 aliphatic carbocycles. The Morgan fingerprint density at radius 2 is 2.03 bits per heavy atom. The normalized spacial score (nSPS) is 22.9. The Bertz CT molecular complexity index is 959. The molecule has 0 radical (unpaired) electrons. The fraction of sp³-hybridized carbons (Fsp3) is 0.500.